The first-order valence-electron chi connectivity index (χ1n) is 12.2. The molecule has 4 rings (SSSR count). The number of likely N-dealkylation sites (N-methyl/N-ethyl adjacent to an activating group) is 2. The number of piperidine rings is 1. The first-order valence-corrected chi connectivity index (χ1v) is 12.2. The summed E-state index contributed by atoms with van der Waals surface area (Å²) in [6.45, 7) is 6.20. The molecule has 1 saturated heterocycles. The van der Waals surface area contributed by atoms with Gasteiger partial charge in [-0.05, 0) is 62.8 Å². The van der Waals surface area contributed by atoms with E-state index in [9.17, 15) is 4.79 Å². The van der Waals surface area contributed by atoms with Gasteiger partial charge in [-0.25, -0.2) is 0 Å². The van der Waals surface area contributed by atoms with Gasteiger partial charge in [0.25, 0.3) is 0 Å². The monoisotopic (exact) mass is 474 g/mol. The fraction of sp³-hybridized carbons (Fsp3) is 0.444. The van der Waals surface area contributed by atoms with Crippen LogP contribution in [0.4, 0.5) is 0 Å². The van der Waals surface area contributed by atoms with E-state index in [4.69, 9.17) is 15.1 Å². The number of nitrogens with zero attached hydrogens (tertiary/aromatic N) is 5. The van der Waals surface area contributed by atoms with Crippen molar-refractivity contribution in [2.24, 2.45) is 0 Å². The van der Waals surface area contributed by atoms with Crippen LogP contribution < -0.4 is 10.1 Å². The number of likely N-dealkylation sites (tertiary alicyclic amines) is 1. The minimum absolute atomic E-state index is 0.143. The van der Waals surface area contributed by atoms with Gasteiger partial charge in [0.05, 0.1) is 28.9 Å². The normalized spacial score (nSPS) is 14.4. The molecule has 1 amide bonds. The Hall–Kier alpha value is -3.41. The van der Waals surface area contributed by atoms with E-state index >= 15 is 0 Å². The Morgan fingerprint density at radius 3 is 2.63 bits per heavy atom. The highest BCUT2D eigenvalue weighted by molar-refractivity contribution is 5.83. The van der Waals surface area contributed by atoms with E-state index < -0.39 is 0 Å². The second kappa shape index (κ2) is 11.3. The number of nitriles is 1. The molecule has 35 heavy (non-hydrogen) atoms. The molecule has 0 aliphatic carbocycles. The summed E-state index contributed by atoms with van der Waals surface area (Å²) in [5.74, 6) is 0.941. The quantitative estimate of drug-likeness (QED) is 0.512. The molecule has 2 heterocycles. The van der Waals surface area contributed by atoms with Gasteiger partial charge in [-0.2, -0.15) is 10.4 Å². The first-order chi connectivity index (χ1) is 17.0. The molecule has 2 aromatic carbocycles. The van der Waals surface area contributed by atoms with Crippen LogP contribution >= 0.6 is 0 Å². The predicted octanol–water partition coefficient (Wildman–Crippen LogP) is 3.32. The summed E-state index contributed by atoms with van der Waals surface area (Å²) in [7, 11) is 4.07. The Kier molecular flexibility index (Phi) is 8.01. The molecule has 1 N–H and O–H groups in total. The minimum atomic E-state index is 0.143. The van der Waals surface area contributed by atoms with Crippen LogP contribution in [0.15, 0.2) is 42.5 Å². The smallest absolute Gasteiger partial charge is 0.219 e. The van der Waals surface area contributed by atoms with Crippen molar-refractivity contribution >= 4 is 16.8 Å². The molecular formula is C27H34N6O2. The third-order valence-corrected chi connectivity index (χ3v) is 6.66. The van der Waals surface area contributed by atoms with Crippen LogP contribution in [0.3, 0.4) is 0 Å². The fourth-order valence-electron chi connectivity index (χ4n) is 4.57. The SMILES string of the molecule is CNCCN(C)Cc1nn(C2CCN(C(C)=O)CC2)c2ccc(OCc3ccc(C#N)cc3)cc12. The number of nitrogens with one attached hydrogen (secondary N) is 1. The Morgan fingerprint density at radius 1 is 1.23 bits per heavy atom. The highest BCUT2D eigenvalue weighted by Crippen LogP contribution is 2.31. The van der Waals surface area contributed by atoms with Crippen molar-refractivity contribution in [2.45, 2.75) is 39.0 Å². The van der Waals surface area contributed by atoms with E-state index in [-0.39, 0.29) is 11.9 Å². The summed E-state index contributed by atoms with van der Waals surface area (Å²) >= 11 is 0. The Morgan fingerprint density at radius 2 is 1.97 bits per heavy atom. The first kappa shape index (κ1) is 24.7. The summed E-state index contributed by atoms with van der Waals surface area (Å²) in [5, 5.41) is 18.4. The topological polar surface area (TPSA) is 86.4 Å². The van der Waals surface area contributed by atoms with Crippen molar-refractivity contribution in [3.05, 3.63) is 59.3 Å². The van der Waals surface area contributed by atoms with Gasteiger partial charge in [0.1, 0.15) is 12.4 Å². The molecule has 0 spiro atoms. The van der Waals surface area contributed by atoms with Crippen LogP contribution in [0.2, 0.25) is 0 Å². The van der Waals surface area contributed by atoms with E-state index in [1.165, 1.54) is 0 Å². The molecule has 1 aliphatic heterocycles. The molecule has 0 radical (unpaired) electrons. The van der Waals surface area contributed by atoms with Crippen molar-refractivity contribution < 1.29 is 9.53 Å². The molecule has 8 nitrogen and oxygen atoms in total. The molecule has 3 aromatic rings. The van der Waals surface area contributed by atoms with E-state index in [2.05, 4.69) is 40.1 Å². The molecule has 1 fully saturated rings. The lowest BCUT2D eigenvalue weighted by Gasteiger charge is -2.31. The zero-order chi connectivity index (χ0) is 24.8. The van der Waals surface area contributed by atoms with Gasteiger partial charge in [0.2, 0.25) is 5.91 Å². The highest BCUT2D eigenvalue weighted by atomic mass is 16.5. The summed E-state index contributed by atoms with van der Waals surface area (Å²) in [6.07, 6.45) is 1.81. The summed E-state index contributed by atoms with van der Waals surface area (Å²) in [4.78, 5) is 16.0. The van der Waals surface area contributed by atoms with Gasteiger partial charge < -0.3 is 15.0 Å². The molecule has 0 bridgehead atoms. The van der Waals surface area contributed by atoms with Crippen LogP contribution in [0.1, 0.15) is 42.6 Å². The van der Waals surface area contributed by atoms with Crippen LogP contribution in [-0.2, 0) is 17.9 Å². The van der Waals surface area contributed by atoms with Crippen molar-refractivity contribution in [1.29, 1.82) is 5.26 Å². The Balaban J connectivity index is 1.57. The lowest BCUT2D eigenvalue weighted by Crippen LogP contribution is -2.37. The summed E-state index contributed by atoms with van der Waals surface area (Å²) < 4.78 is 8.27. The van der Waals surface area contributed by atoms with E-state index in [1.54, 1.807) is 6.92 Å². The average molecular weight is 475 g/mol. The molecule has 184 valence electrons. The summed E-state index contributed by atoms with van der Waals surface area (Å²) in [6, 6.07) is 16.1. The number of carbonyl (C=O) groups is 1. The zero-order valence-corrected chi connectivity index (χ0v) is 20.8. The lowest BCUT2D eigenvalue weighted by molar-refractivity contribution is -0.130. The minimum Gasteiger partial charge on any atom is -0.489 e. The van der Waals surface area contributed by atoms with Crippen LogP contribution in [0, 0.1) is 11.3 Å². The maximum absolute atomic E-state index is 11.8. The van der Waals surface area contributed by atoms with Crippen LogP contribution in [-0.4, -0.2) is 65.8 Å². The fourth-order valence-corrected chi connectivity index (χ4v) is 4.57. The molecule has 1 aromatic heterocycles. The maximum atomic E-state index is 11.8. The number of fused-ring (bicyclic) bond motifs is 1. The second-order valence-electron chi connectivity index (χ2n) is 9.25. The van der Waals surface area contributed by atoms with E-state index in [0.29, 0.717) is 12.2 Å². The molecule has 8 heteroatoms. The lowest BCUT2D eigenvalue weighted by atomic mass is 10.0. The van der Waals surface area contributed by atoms with Crippen molar-refractivity contribution in [3.63, 3.8) is 0 Å². The molecular weight excluding hydrogens is 440 g/mol. The van der Waals surface area contributed by atoms with Crippen molar-refractivity contribution in [2.75, 3.05) is 40.3 Å². The van der Waals surface area contributed by atoms with Crippen molar-refractivity contribution in [1.82, 2.24) is 24.9 Å². The number of hydrogen-bond donors (Lipinski definition) is 1. The molecule has 0 saturated carbocycles. The molecule has 1 aliphatic rings. The van der Waals surface area contributed by atoms with Gasteiger partial charge in [-0.15, -0.1) is 0 Å². The van der Waals surface area contributed by atoms with Gasteiger partial charge >= 0.3 is 0 Å². The van der Waals surface area contributed by atoms with E-state index in [0.717, 1.165) is 73.5 Å². The van der Waals surface area contributed by atoms with Crippen molar-refractivity contribution in [3.8, 4) is 11.8 Å². The number of rotatable bonds is 9. The number of amides is 1. The number of aromatic nitrogens is 2. The number of hydrogen-bond acceptors (Lipinski definition) is 6. The second-order valence-corrected chi connectivity index (χ2v) is 9.25. The van der Waals surface area contributed by atoms with Crippen LogP contribution in [0.5, 0.6) is 5.75 Å². The Labute approximate surface area is 207 Å². The molecule has 0 atom stereocenters. The summed E-state index contributed by atoms with van der Waals surface area (Å²) in [5.41, 5.74) is 3.80. The van der Waals surface area contributed by atoms with Crippen LogP contribution in [0.25, 0.3) is 10.9 Å². The zero-order valence-electron chi connectivity index (χ0n) is 20.8. The average Bonchev–Trinajstić information content (AvgIpc) is 3.24. The van der Waals surface area contributed by atoms with Gasteiger partial charge in [-0.1, -0.05) is 12.1 Å². The number of benzene rings is 2. The number of ether oxygens (including phenoxy) is 1. The largest absolute Gasteiger partial charge is 0.489 e. The predicted molar refractivity (Wildman–Crippen MR) is 136 cm³/mol. The molecule has 0 unspecified atom stereocenters. The standard InChI is InChI=1S/C27H34N6O2/c1-20(34)32-13-10-23(11-14-32)33-27-9-8-24(35-19-22-6-4-21(17-28)5-7-22)16-25(27)26(30-33)18-31(3)15-12-29-2/h4-9,16,23,29H,10-15,18-19H2,1-3H3. The van der Waals surface area contributed by atoms with E-state index in [1.807, 2.05) is 42.3 Å². The Bertz CT molecular complexity index is 1190. The maximum Gasteiger partial charge on any atom is 0.219 e. The number of carbonyl (C=O) groups excluding carboxylic acids is 1. The third kappa shape index (κ3) is 5.99. The highest BCUT2D eigenvalue weighted by Gasteiger charge is 2.25. The van der Waals surface area contributed by atoms with Gasteiger partial charge in [0.15, 0.2) is 0 Å². The van der Waals surface area contributed by atoms with Gasteiger partial charge in [0, 0.05) is 45.0 Å². The van der Waals surface area contributed by atoms with Gasteiger partial charge in [-0.3, -0.25) is 14.4 Å². The third-order valence-electron chi connectivity index (χ3n) is 6.66.